The number of alkyl halides is 1. The molecule has 2 aromatic rings. The Kier molecular flexibility index (Phi) is 4.52. The first-order chi connectivity index (χ1) is 9.26. The molecule has 0 aliphatic heterocycles. The third-order valence-corrected chi connectivity index (χ3v) is 3.22. The quantitative estimate of drug-likeness (QED) is 0.880. The van der Waals surface area contributed by atoms with E-state index in [0.29, 0.717) is 16.8 Å². The highest BCUT2D eigenvalue weighted by Gasteiger charge is 2.13. The minimum atomic E-state index is -0.238. The lowest BCUT2D eigenvalue weighted by Crippen LogP contribution is -2.14. The number of carbonyl (C=O) groups is 1. The van der Waals surface area contributed by atoms with E-state index >= 15 is 0 Å². The van der Waals surface area contributed by atoms with Crippen LogP contribution >= 0.6 is 15.9 Å². The monoisotopic (exact) mass is 320 g/mol. The number of hydrogen-bond acceptors (Lipinski definition) is 3. The SMILES string of the molecule is COc1ncccc1C(=O)Nc1ccccc1CBr. The summed E-state index contributed by atoms with van der Waals surface area (Å²) < 4.78 is 5.08. The molecule has 98 valence electrons. The number of aromatic nitrogens is 1. The molecule has 19 heavy (non-hydrogen) atoms. The van der Waals surface area contributed by atoms with Crippen LogP contribution in [-0.4, -0.2) is 18.0 Å². The van der Waals surface area contributed by atoms with Crippen molar-refractivity contribution in [3.63, 3.8) is 0 Å². The van der Waals surface area contributed by atoms with Crippen molar-refractivity contribution >= 4 is 27.5 Å². The van der Waals surface area contributed by atoms with Crippen molar-refractivity contribution in [2.24, 2.45) is 0 Å². The first-order valence-electron chi connectivity index (χ1n) is 5.70. The minimum absolute atomic E-state index is 0.238. The molecular formula is C14H13BrN2O2. The molecule has 5 heteroatoms. The topological polar surface area (TPSA) is 51.2 Å². The van der Waals surface area contributed by atoms with Gasteiger partial charge in [-0.15, -0.1) is 0 Å². The van der Waals surface area contributed by atoms with Gasteiger partial charge in [-0.25, -0.2) is 4.98 Å². The van der Waals surface area contributed by atoms with Gasteiger partial charge in [0.25, 0.3) is 5.91 Å². The fraction of sp³-hybridized carbons (Fsp3) is 0.143. The number of benzene rings is 1. The van der Waals surface area contributed by atoms with Gasteiger partial charge in [0, 0.05) is 17.2 Å². The summed E-state index contributed by atoms with van der Waals surface area (Å²) in [5, 5.41) is 3.54. The molecule has 1 amide bonds. The van der Waals surface area contributed by atoms with E-state index in [0.717, 1.165) is 11.3 Å². The number of rotatable bonds is 4. The zero-order chi connectivity index (χ0) is 13.7. The molecule has 0 bridgehead atoms. The summed E-state index contributed by atoms with van der Waals surface area (Å²) in [6.07, 6.45) is 1.59. The number of para-hydroxylation sites is 1. The van der Waals surface area contributed by atoms with Crippen molar-refractivity contribution in [1.29, 1.82) is 0 Å². The molecule has 0 saturated heterocycles. The van der Waals surface area contributed by atoms with E-state index in [-0.39, 0.29) is 5.91 Å². The Hall–Kier alpha value is -1.88. The summed E-state index contributed by atoms with van der Waals surface area (Å²) in [5.74, 6) is 0.0784. The normalized spacial score (nSPS) is 10.0. The molecule has 2 rings (SSSR count). The number of carbonyl (C=O) groups excluding carboxylic acids is 1. The molecule has 1 N–H and O–H groups in total. The van der Waals surface area contributed by atoms with Crippen molar-refractivity contribution in [1.82, 2.24) is 4.98 Å². The second-order valence-electron chi connectivity index (χ2n) is 3.81. The molecule has 4 nitrogen and oxygen atoms in total. The second-order valence-corrected chi connectivity index (χ2v) is 4.37. The summed E-state index contributed by atoms with van der Waals surface area (Å²) in [6, 6.07) is 11.0. The number of halogens is 1. The number of nitrogens with zero attached hydrogens (tertiary/aromatic N) is 1. The van der Waals surface area contributed by atoms with E-state index in [1.165, 1.54) is 7.11 Å². The molecule has 1 aromatic heterocycles. The number of amides is 1. The summed E-state index contributed by atoms with van der Waals surface area (Å²) in [4.78, 5) is 16.2. The van der Waals surface area contributed by atoms with Crippen LogP contribution in [0.4, 0.5) is 5.69 Å². The van der Waals surface area contributed by atoms with Crippen LogP contribution in [0.15, 0.2) is 42.6 Å². The van der Waals surface area contributed by atoms with E-state index in [4.69, 9.17) is 4.74 Å². The molecule has 1 aromatic carbocycles. The Bertz CT molecular complexity index is 587. The summed E-state index contributed by atoms with van der Waals surface area (Å²) in [7, 11) is 1.49. The third kappa shape index (κ3) is 3.12. The highest BCUT2D eigenvalue weighted by molar-refractivity contribution is 9.08. The average Bonchev–Trinajstić information content (AvgIpc) is 2.47. The minimum Gasteiger partial charge on any atom is -0.480 e. The fourth-order valence-electron chi connectivity index (χ4n) is 1.67. The Labute approximate surface area is 119 Å². The van der Waals surface area contributed by atoms with Crippen molar-refractivity contribution in [3.05, 3.63) is 53.7 Å². The molecule has 0 fully saturated rings. The van der Waals surface area contributed by atoms with Crippen LogP contribution in [0.3, 0.4) is 0 Å². The van der Waals surface area contributed by atoms with Gasteiger partial charge in [0.1, 0.15) is 5.56 Å². The zero-order valence-corrected chi connectivity index (χ0v) is 12.0. The summed E-state index contributed by atoms with van der Waals surface area (Å²) in [5.41, 5.74) is 2.20. The standard InChI is InChI=1S/C14H13BrN2O2/c1-19-14-11(6-4-8-16-14)13(18)17-12-7-3-2-5-10(12)9-15/h2-8H,9H2,1H3,(H,17,18). The van der Waals surface area contributed by atoms with Crippen molar-refractivity contribution < 1.29 is 9.53 Å². The molecule has 0 aliphatic carbocycles. The van der Waals surface area contributed by atoms with Gasteiger partial charge in [-0.1, -0.05) is 34.1 Å². The van der Waals surface area contributed by atoms with Gasteiger partial charge < -0.3 is 10.1 Å². The van der Waals surface area contributed by atoms with Gasteiger partial charge in [0.2, 0.25) is 5.88 Å². The van der Waals surface area contributed by atoms with Crippen LogP contribution in [0.5, 0.6) is 5.88 Å². The van der Waals surface area contributed by atoms with Crippen molar-refractivity contribution in [2.75, 3.05) is 12.4 Å². The third-order valence-electron chi connectivity index (χ3n) is 2.62. The van der Waals surface area contributed by atoms with Crippen molar-refractivity contribution in [2.45, 2.75) is 5.33 Å². The average molecular weight is 321 g/mol. The molecule has 0 unspecified atom stereocenters. The lowest BCUT2D eigenvalue weighted by Gasteiger charge is -2.10. The number of nitrogens with one attached hydrogen (secondary N) is 1. The predicted octanol–water partition coefficient (Wildman–Crippen LogP) is 3.24. The maximum Gasteiger partial charge on any atom is 0.261 e. The lowest BCUT2D eigenvalue weighted by molar-refractivity contribution is 0.102. The molecule has 0 radical (unpaired) electrons. The van der Waals surface area contributed by atoms with Gasteiger partial charge in [-0.3, -0.25) is 4.79 Å². The van der Waals surface area contributed by atoms with Crippen LogP contribution in [0.2, 0.25) is 0 Å². The first kappa shape index (κ1) is 13.5. The van der Waals surface area contributed by atoms with E-state index < -0.39 is 0 Å². The van der Waals surface area contributed by atoms with Crippen LogP contribution in [0.25, 0.3) is 0 Å². The zero-order valence-electron chi connectivity index (χ0n) is 10.4. The molecule has 0 aliphatic rings. The van der Waals surface area contributed by atoms with Crippen LogP contribution in [0.1, 0.15) is 15.9 Å². The molecule has 0 saturated carbocycles. The van der Waals surface area contributed by atoms with Gasteiger partial charge in [0.05, 0.1) is 7.11 Å². The largest absolute Gasteiger partial charge is 0.480 e. The maximum atomic E-state index is 12.2. The predicted molar refractivity (Wildman–Crippen MR) is 77.8 cm³/mol. The smallest absolute Gasteiger partial charge is 0.261 e. The molecule has 1 heterocycles. The van der Waals surface area contributed by atoms with Gasteiger partial charge in [-0.2, -0.15) is 0 Å². The number of ether oxygens (including phenoxy) is 1. The van der Waals surface area contributed by atoms with Gasteiger partial charge in [0.15, 0.2) is 0 Å². The Morgan fingerprint density at radius 3 is 2.84 bits per heavy atom. The molecule has 0 atom stereocenters. The van der Waals surface area contributed by atoms with Crippen LogP contribution < -0.4 is 10.1 Å². The highest BCUT2D eigenvalue weighted by Crippen LogP contribution is 2.20. The fourth-order valence-corrected chi connectivity index (χ4v) is 2.16. The molecular weight excluding hydrogens is 308 g/mol. The highest BCUT2D eigenvalue weighted by atomic mass is 79.9. The Balaban J connectivity index is 2.26. The lowest BCUT2D eigenvalue weighted by atomic mass is 10.2. The van der Waals surface area contributed by atoms with E-state index in [9.17, 15) is 4.79 Å². The number of hydrogen-bond donors (Lipinski definition) is 1. The van der Waals surface area contributed by atoms with Crippen LogP contribution in [0, 0.1) is 0 Å². The molecule has 0 spiro atoms. The maximum absolute atomic E-state index is 12.2. The van der Waals surface area contributed by atoms with E-state index in [1.807, 2.05) is 24.3 Å². The van der Waals surface area contributed by atoms with Gasteiger partial charge >= 0.3 is 0 Å². The Morgan fingerprint density at radius 2 is 2.11 bits per heavy atom. The van der Waals surface area contributed by atoms with Gasteiger partial charge in [-0.05, 0) is 23.8 Å². The van der Waals surface area contributed by atoms with Crippen molar-refractivity contribution in [3.8, 4) is 5.88 Å². The number of methoxy groups -OCH3 is 1. The second kappa shape index (κ2) is 6.33. The number of anilines is 1. The van der Waals surface area contributed by atoms with Crippen LogP contribution in [-0.2, 0) is 5.33 Å². The van der Waals surface area contributed by atoms with E-state index in [2.05, 4.69) is 26.2 Å². The van der Waals surface area contributed by atoms with E-state index in [1.54, 1.807) is 18.3 Å². The first-order valence-corrected chi connectivity index (χ1v) is 6.82. The number of pyridine rings is 1. The Morgan fingerprint density at radius 1 is 1.32 bits per heavy atom. The summed E-state index contributed by atoms with van der Waals surface area (Å²) >= 11 is 3.39. The summed E-state index contributed by atoms with van der Waals surface area (Å²) in [6.45, 7) is 0.